The van der Waals surface area contributed by atoms with Gasteiger partial charge in [0.1, 0.15) is 12.1 Å². The second-order valence-electron chi connectivity index (χ2n) is 11.5. The first-order valence-electron chi connectivity index (χ1n) is 13.9. The van der Waals surface area contributed by atoms with Crippen molar-refractivity contribution in [1.29, 1.82) is 5.26 Å². The predicted molar refractivity (Wildman–Crippen MR) is 147 cm³/mol. The minimum atomic E-state index is -3.20. The van der Waals surface area contributed by atoms with Gasteiger partial charge in [-0.2, -0.15) is 5.26 Å². The van der Waals surface area contributed by atoms with Crippen LogP contribution in [0.1, 0.15) is 49.7 Å². The number of alkyl halides is 2. The Bertz CT molecular complexity index is 1480. The van der Waals surface area contributed by atoms with Crippen molar-refractivity contribution in [3.8, 4) is 17.2 Å². The van der Waals surface area contributed by atoms with Crippen LogP contribution < -0.4 is 10.6 Å². The molecule has 0 aromatic heterocycles. The van der Waals surface area contributed by atoms with Crippen LogP contribution in [-0.4, -0.2) is 58.3 Å². The first-order chi connectivity index (χ1) is 19.6. The number of nitrogens with zero attached hydrogens (tertiary/aromatic N) is 2. The molecule has 3 aliphatic heterocycles. The molecule has 2 aliphatic carbocycles. The summed E-state index contributed by atoms with van der Waals surface area (Å²) in [5.41, 5.74) is -0.277. The fraction of sp³-hybridized carbons (Fsp3) is 0.467. The molecule has 1 saturated carbocycles. The van der Waals surface area contributed by atoms with Gasteiger partial charge in [0.25, 0.3) is 11.8 Å². The Morgan fingerprint density at radius 2 is 1.93 bits per heavy atom. The van der Waals surface area contributed by atoms with Gasteiger partial charge in [-0.25, -0.2) is 8.78 Å². The number of nitriles is 1. The van der Waals surface area contributed by atoms with Gasteiger partial charge < -0.3 is 20.6 Å². The molecule has 3 saturated heterocycles. The van der Waals surface area contributed by atoms with Gasteiger partial charge in [-0.1, -0.05) is 46.3 Å². The lowest BCUT2D eigenvalue weighted by molar-refractivity contribution is -0.201. The molecule has 3 amide bonds. The van der Waals surface area contributed by atoms with Gasteiger partial charge in [0.15, 0.2) is 5.60 Å². The van der Waals surface area contributed by atoms with Gasteiger partial charge in [-0.05, 0) is 55.4 Å². The van der Waals surface area contributed by atoms with Crippen molar-refractivity contribution in [3.63, 3.8) is 0 Å². The SMILES string of the molecule is N#C[C@H](C[C@H]1CCCNC1=O)NC(=O)[C@H]1[C@H]2CC[C@H](CC2(F)F)N1C(=O)[C@]1(O)c2ccccc2-c2ccc(Br)cc21. The highest BCUT2D eigenvalue weighted by Crippen LogP contribution is 2.54. The number of aliphatic hydroxyl groups is 1. The van der Waals surface area contributed by atoms with E-state index in [-0.39, 0.29) is 25.2 Å². The summed E-state index contributed by atoms with van der Waals surface area (Å²) in [5.74, 6) is -7.09. The third kappa shape index (κ3) is 4.43. The van der Waals surface area contributed by atoms with E-state index in [2.05, 4.69) is 26.6 Å². The monoisotopic (exact) mass is 626 g/mol. The molecule has 2 bridgehead atoms. The summed E-state index contributed by atoms with van der Waals surface area (Å²) in [5, 5.41) is 27.3. The van der Waals surface area contributed by atoms with Crippen LogP contribution in [-0.2, 0) is 20.0 Å². The zero-order chi connectivity index (χ0) is 29.1. The predicted octanol–water partition coefficient (Wildman–Crippen LogP) is 3.60. The molecule has 2 aromatic rings. The van der Waals surface area contributed by atoms with Crippen LogP contribution in [0.15, 0.2) is 46.9 Å². The van der Waals surface area contributed by atoms with Crippen LogP contribution in [0.2, 0.25) is 0 Å². The van der Waals surface area contributed by atoms with Crippen molar-refractivity contribution in [3.05, 3.63) is 58.1 Å². The van der Waals surface area contributed by atoms with Crippen molar-refractivity contribution in [2.24, 2.45) is 11.8 Å². The lowest BCUT2D eigenvalue weighted by Gasteiger charge is -2.54. The Hall–Kier alpha value is -3.36. The molecule has 7 rings (SSSR count). The second kappa shape index (κ2) is 10.2. The number of piperidine rings is 3. The average Bonchev–Trinajstić information content (AvgIpc) is 3.21. The van der Waals surface area contributed by atoms with Crippen molar-refractivity contribution in [1.82, 2.24) is 15.5 Å². The molecule has 214 valence electrons. The lowest BCUT2D eigenvalue weighted by Crippen LogP contribution is -2.70. The number of fused-ring (bicyclic) bond motifs is 6. The summed E-state index contributed by atoms with van der Waals surface area (Å²) in [6, 6.07) is 10.4. The molecule has 4 fully saturated rings. The summed E-state index contributed by atoms with van der Waals surface area (Å²) >= 11 is 3.41. The van der Waals surface area contributed by atoms with Crippen LogP contribution in [0.4, 0.5) is 8.78 Å². The topological polar surface area (TPSA) is 123 Å². The molecule has 6 atom stereocenters. The molecular formula is C30H29BrF2N4O4. The van der Waals surface area contributed by atoms with Gasteiger partial charge in [-0.3, -0.25) is 14.4 Å². The van der Waals surface area contributed by atoms with E-state index < -0.39 is 59.7 Å². The highest BCUT2D eigenvalue weighted by Gasteiger charge is 2.63. The number of hydrogen-bond donors (Lipinski definition) is 3. The largest absolute Gasteiger partial charge is 0.372 e. The van der Waals surface area contributed by atoms with Gasteiger partial charge >= 0.3 is 0 Å². The number of hydrogen-bond acceptors (Lipinski definition) is 5. The number of rotatable bonds is 5. The smallest absolute Gasteiger partial charge is 0.264 e. The van der Waals surface area contributed by atoms with E-state index in [4.69, 9.17) is 0 Å². The molecule has 5 aliphatic rings. The molecule has 0 unspecified atom stereocenters. The van der Waals surface area contributed by atoms with Crippen LogP contribution in [0.25, 0.3) is 11.1 Å². The zero-order valence-corrected chi connectivity index (χ0v) is 23.7. The molecule has 0 radical (unpaired) electrons. The Balaban J connectivity index is 1.36. The average molecular weight is 627 g/mol. The standard InChI is InChI=1S/C30H29BrF2N4O4/c31-17-7-9-21-20-5-1-2-6-22(20)30(41,24(21)13-17)28(40)37-19-8-10-23(29(32,33)14-19)25(37)27(39)36-18(15-34)12-16-4-3-11-35-26(16)38/h1-2,5-7,9,13,16,18-19,23,25,41H,3-4,8,10-12,14H2,(H,35,38)(H,36,39)/t16-,18+,19-,23-,25-,30+/m1/s1. The van der Waals surface area contributed by atoms with E-state index in [0.29, 0.717) is 39.7 Å². The van der Waals surface area contributed by atoms with E-state index in [1.807, 2.05) is 6.07 Å². The third-order valence-electron chi connectivity index (χ3n) is 9.12. The van der Waals surface area contributed by atoms with Crippen molar-refractivity contribution >= 4 is 33.7 Å². The van der Waals surface area contributed by atoms with E-state index in [9.17, 15) is 24.8 Å². The summed E-state index contributed by atoms with van der Waals surface area (Å²) in [6.45, 7) is 0.544. The second-order valence-corrected chi connectivity index (χ2v) is 12.4. The molecule has 11 heteroatoms. The maximum atomic E-state index is 15.3. The number of carbonyl (C=O) groups is 3. The lowest BCUT2D eigenvalue weighted by atomic mass is 9.70. The van der Waals surface area contributed by atoms with Gasteiger partial charge in [0.2, 0.25) is 11.8 Å². The van der Waals surface area contributed by atoms with Crippen molar-refractivity contribution < 1.29 is 28.3 Å². The normalized spacial score (nSPS) is 30.0. The van der Waals surface area contributed by atoms with Crippen molar-refractivity contribution in [2.75, 3.05) is 6.54 Å². The van der Waals surface area contributed by atoms with E-state index in [0.717, 1.165) is 11.3 Å². The van der Waals surface area contributed by atoms with Gasteiger partial charge in [-0.15, -0.1) is 0 Å². The Labute approximate surface area is 244 Å². The molecule has 2 aromatic carbocycles. The summed E-state index contributed by atoms with van der Waals surface area (Å²) in [4.78, 5) is 41.7. The number of amides is 3. The van der Waals surface area contributed by atoms with Gasteiger partial charge in [0, 0.05) is 40.5 Å². The Morgan fingerprint density at radius 3 is 2.66 bits per heavy atom. The number of halogens is 3. The summed E-state index contributed by atoms with van der Waals surface area (Å²) in [7, 11) is 0. The van der Waals surface area contributed by atoms with E-state index >= 15 is 8.78 Å². The fourth-order valence-electron chi connectivity index (χ4n) is 7.19. The quantitative estimate of drug-likeness (QED) is 0.468. The Kier molecular flexibility index (Phi) is 6.90. The van der Waals surface area contributed by atoms with Crippen LogP contribution in [0.3, 0.4) is 0 Å². The van der Waals surface area contributed by atoms with E-state index in [1.165, 1.54) is 0 Å². The third-order valence-corrected chi connectivity index (χ3v) is 9.61. The molecular weight excluding hydrogens is 598 g/mol. The van der Waals surface area contributed by atoms with Crippen LogP contribution in [0.5, 0.6) is 0 Å². The molecule has 3 N–H and O–H groups in total. The first kappa shape index (κ1) is 27.8. The highest BCUT2D eigenvalue weighted by molar-refractivity contribution is 9.10. The molecule has 41 heavy (non-hydrogen) atoms. The van der Waals surface area contributed by atoms with Gasteiger partial charge in [0.05, 0.1) is 12.0 Å². The first-order valence-corrected chi connectivity index (χ1v) is 14.7. The number of carbonyl (C=O) groups excluding carboxylic acids is 3. The zero-order valence-electron chi connectivity index (χ0n) is 22.1. The molecule has 3 heterocycles. The van der Waals surface area contributed by atoms with Crippen LogP contribution >= 0.6 is 15.9 Å². The fourth-order valence-corrected chi connectivity index (χ4v) is 7.55. The minimum Gasteiger partial charge on any atom is -0.372 e. The maximum absolute atomic E-state index is 15.3. The summed E-state index contributed by atoms with van der Waals surface area (Å²) in [6.07, 6.45) is 1.01. The van der Waals surface area contributed by atoms with E-state index in [1.54, 1.807) is 42.5 Å². The minimum absolute atomic E-state index is 0.0267. The molecule has 0 spiro atoms. The maximum Gasteiger partial charge on any atom is 0.264 e. The summed E-state index contributed by atoms with van der Waals surface area (Å²) < 4.78 is 31.2. The number of nitrogens with one attached hydrogen (secondary N) is 2. The molecule has 8 nitrogen and oxygen atoms in total. The van der Waals surface area contributed by atoms with Crippen LogP contribution in [0, 0.1) is 23.2 Å². The Morgan fingerprint density at radius 1 is 1.17 bits per heavy atom. The highest BCUT2D eigenvalue weighted by atomic mass is 79.9. The van der Waals surface area contributed by atoms with Crippen molar-refractivity contribution in [2.45, 2.75) is 68.2 Å². The number of benzene rings is 2.